The average Bonchev–Trinajstić information content (AvgIpc) is 3.31. The molecule has 4 atom stereocenters. The Kier molecular flexibility index (Phi) is 5.18. The number of amides is 2. The van der Waals surface area contributed by atoms with Gasteiger partial charge in [-0.2, -0.15) is 4.31 Å². The SMILES string of the molecule is CC(NC(=O)c1cccc(S(=O)(=O)N2CCNC(=O)C2)c1)C1CC2CCC1C2. The van der Waals surface area contributed by atoms with Gasteiger partial charge in [-0.05, 0) is 62.1 Å². The molecular weight excluding hydrogens is 378 g/mol. The first-order valence-corrected chi connectivity index (χ1v) is 11.5. The number of carbonyl (C=O) groups excluding carboxylic acids is 2. The molecular formula is C20H27N3O4S. The van der Waals surface area contributed by atoms with Gasteiger partial charge >= 0.3 is 0 Å². The van der Waals surface area contributed by atoms with Gasteiger partial charge in [0.15, 0.2) is 0 Å². The zero-order chi connectivity index (χ0) is 19.9. The van der Waals surface area contributed by atoms with Crippen molar-refractivity contribution in [2.75, 3.05) is 19.6 Å². The predicted molar refractivity (Wildman–Crippen MR) is 104 cm³/mol. The second-order valence-electron chi connectivity index (χ2n) is 8.32. The summed E-state index contributed by atoms with van der Waals surface area (Å²) in [6.45, 7) is 2.38. The summed E-state index contributed by atoms with van der Waals surface area (Å²) in [7, 11) is -3.81. The van der Waals surface area contributed by atoms with Crippen LogP contribution in [-0.2, 0) is 14.8 Å². The Bertz CT molecular complexity index is 885. The van der Waals surface area contributed by atoms with Gasteiger partial charge in [0.2, 0.25) is 15.9 Å². The monoisotopic (exact) mass is 405 g/mol. The predicted octanol–water partition coefficient (Wildman–Crippen LogP) is 1.36. The number of benzene rings is 1. The Hall–Kier alpha value is -1.93. The minimum Gasteiger partial charge on any atom is -0.354 e. The third kappa shape index (κ3) is 3.67. The van der Waals surface area contributed by atoms with Crippen LogP contribution in [0.25, 0.3) is 0 Å². The molecule has 2 aliphatic carbocycles. The van der Waals surface area contributed by atoms with Crippen LogP contribution < -0.4 is 10.6 Å². The Labute approximate surface area is 165 Å². The Balaban J connectivity index is 1.47. The van der Waals surface area contributed by atoms with Gasteiger partial charge in [0, 0.05) is 24.7 Å². The van der Waals surface area contributed by atoms with Crippen LogP contribution in [0, 0.1) is 17.8 Å². The summed E-state index contributed by atoms with van der Waals surface area (Å²) < 4.78 is 26.8. The number of sulfonamides is 1. The lowest BCUT2D eigenvalue weighted by atomic mass is 9.84. The maximum absolute atomic E-state index is 12.8. The molecule has 1 saturated heterocycles. The van der Waals surface area contributed by atoms with Crippen molar-refractivity contribution < 1.29 is 18.0 Å². The van der Waals surface area contributed by atoms with E-state index in [1.807, 2.05) is 0 Å². The van der Waals surface area contributed by atoms with Gasteiger partial charge in [-0.1, -0.05) is 12.5 Å². The van der Waals surface area contributed by atoms with Crippen LogP contribution >= 0.6 is 0 Å². The lowest BCUT2D eigenvalue weighted by Crippen LogP contribution is -2.49. The minimum absolute atomic E-state index is 0.0439. The zero-order valence-corrected chi connectivity index (χ0v) is 16.9. The van der Waals surface area contributed by atoms with Gasteiger partial charge in [0.05, 0.1) is 11.4 Å². The van der Waals surface area contributed by atoms with Crippen LogP contribution in [0.1, 0.15) is 43.0 Å². The molecule has 2 bridgehead atoms. The fraction of sp³-hybridized carbons (Fsp3) is 0.600. The number of rotatable bonds is 5. The largest absolute Gasteiger partial charge is 0.354 e. The van der Waals surface area contributed by atoms with Gasteiger partial charge in [-0.15, -0.1) is 0 Å². The number of fused-ring (bicyclic) bond motifs is 2. The normalized spacial score (nSPS) is 28.8. The van der Waals surface area contributed by atoms with E-state index in [2.05, 4.69) is 17.6 Å². The number of carbonyl (C=O) groups is 2. The number of nitrogens with zero attached hydrogens (tertiary/aromatic N) is 1. The van der Waals surface area contributed by atoms with Gasteiger partial charge in [0.1, 0.15) is 0 Å². The molecule has 8 heteroatoms. The van der Waals surface area contributed by atoms with E-state index in [0.717, 1.165) is 10.2 Å². The van der Waals surface area contributed by atoms with E-state index < -0.39 is 10.0 Å². The smallest absolute Gasteiger partial charge is 0.251 e. The number of hydrogen-bond donors (Lipinski definition) is 2. The van der Waals surface area contributed by atoms with Crippen molar-refractivity contribution in [2.24, 2.45) is 17.8 Å². The van der Waals surface area contributed by atoms with Crippen LogP contribution in [0.2, 0.25) is 0 Å². The molecule has 2 saturated carbocycles. The lowest BCUT2D eigenvalue weighted by Gasteiger charge is -2.28. The maximum Gasteiger partial charge on any atom is 0.251 e. The third-order valence-corrected chi connectivity index (χ3v) is 8.37. The molecule has 1 aliphatic heterocycles. The fourth-order valence-corrected chi connectivity index (χ4v) is 6.51. The van der Waals surface area contributed by atoms with Crippen LogP contribution in [0.15, 0.2) is 29.2 Å². The van der Waals surface area contributed by atoms with Crippen LogP contribution in [0.5, 0.6) is 0 Å². The Morgan fingerprint density at radius 1 is 1.29 bits per heavy atom. The maximum atomic E-state index is 12.8. The van der Waals surface area contributed by atoms with Crippen LogP contribution in [0.4, 0.5) is 0 Å². The summed E-state index contributed by atoms with van der Waals surface area (Å²) >= 11 is 0. The van der Waals surface area contributed by atoms with Gasteiger partial charge in [-0.3, -0.25) is 9.59 Å². The van der Waals surface area contributed by atoms with Crippen molar-refractivity contribution in [3.63, 3.8) is 0 Å². The van der Waals surface area contributed by atoms with Crippen molar-refractivity contribution in [1.29, 1.82) is 0 Å². The number of nitrogens with one attached hydrogen (secondary N) is 2. The standard InChI is InChI=1S/C20H27N3O4S/c1-13(18-10-14-5-6-15(18)9-14)22-20(25)16-3-2-4-17(11-16)28(26,27)23-8-7-21-19(24)12-23/h2-4,11,13-15,18H,5-10,12H2,1H3,(H,21,24)(H,22,25). The molecule has 4 unspecified atom stereocenters. The molecule has 3 aliphatic rings. The molecule has 4 rings (SSSR count). The lowest BCUT2D eigenvalue weighted by molar-refractivity contribution is -0.122. The van der Waals surface area contributed by atoms with E-state index >= 15 is 0 Å². The Morgan fingerprint density at radius 2 is 2.11 bits per heavy atom. The molecule has 1 aromatic carbocycles. The molecule has 3 fully saturated rings. The van der Waals surface area contributed by atoms with E-state index in [1.54, 1.807) is 12.1 Å². The second-order valence-corrected chi connectivity index (χ2v) is 10.3. The molecule has 1 aromatic rings. The van der Waals surface area contributed by atoms with E-state index in [4.69, 9.17) is 0 Å². The Morgan fingerprint density at radius 3 is 2.79 bits per heavy atom. The molecule has 1 heterocycles. The van der Waals surface area contributed by atoms with Gasteiger partial charge < -0.3 is 10.6 Å². The molecule has 7 nitrogen and oxygen atoms in total. The second kappa shape index (κ2) is 7.48. The minimum atomic E-state index is -3.81. The highest BCUT2D eigenvalue weighted by molar-refractivity contribution is 7.89. The summed E-state index contributed by atoms with van der Waals surface area (Å²) in [4.78, 5) is 24.3. The average molecular weight is 406 g/mol. The summed E-state index contributed by atoms with van der Waals surface area (Å²) in [5.41, 5.74) is 0.331. The third-order valence-electron chi connectivity index (χ3n) is 6.53. The van der Waals surface area contributed by atoms with E-state index in [1.165, 1.54) is 37.8 Å². The molecule has 0 radical (unpaired) electrons. The van der Waals surface area contributed by atoms with Crippen molar-refractivity contribution in [1.82, 2.24) is 14.9 Å². The molecule has 28 heavy (non-hydrogen) atoms. The molecule has 2 N–H and O–H groups in total. The van der Waals surface area contributed by atoms with Crippen molar-refractivity contribution >= 4 is 21.8 Å². The fourth-order valence-electron chi connectivity index (χ4n) is 5.07. The topological polar surface area (TPSA) is 95.6 Å². The first kappa shape index (κ1) is 19.4. The van der Waals surface area contributed by atoms with Gasteiger partial charge in [-0.25, -0.2) is 8.42 Å². The highest BCUT2D eigenvalue weighted by atomic mass is 32.2. The summed E-state index contributed by atoms with van der Waals surface area (Å²) in [5, 5.41) is 5.69. The first-order chi connectivity index (χ1) is 13.3. The zero-order valence-electron chi connectivity index (χ0n) is 16.1. The van der Waals surface area contributed by atoms with Crippen LogP contribution in [-0.4, -0.2) is 50.2 Å². The summed E-state index contributed by atoms with van der Waals surface area (Å²) in [6.07, 6.45) is 5.03. The van der Waals surface area contributed by atoms with E-state index in [-0.39, 0.29) is 35.8 Å². The highest BCUT2D eigenvalue weighted by Gasteiger charge is 2.42. The summed E-state index contributed by atoms with van der Waals surface area (Å²) in [5.74, 6) is 1.47. The van der Waals surface area contributed by atoms with E-state index in [9.17, 15) is 18.0 Å². The number of hydrogen-bond acceptors (Lipinski definition) is 4. The van der Waals surface area contributed by atoms with Crippen molar-refractivity contribution in [3.05, 3.63) is 29.8 Å². The number of piperazine rings is 1. The molecule has 152 valence electrons. The molecule has 2 amide bonds. The molecule has 0 aromatic heterocycles. The summed E-state index contributed by atoms with van der Waals surface area (Å²) in [6, 6.07) is 6.16. The quantitative estimate of drug-likeness (QED) is 0.773. The highest BCUT2D eigenvalue weighted by Crippen LogP contribution is 2.49. The van der Waals surface area contributed by atoms with Crippen molar-refractivity contribution in [3.8, 4) is 0 Å². The van der Waals surface area contributed by atoms with Crippen LogP contribution in [0.3, 0.4) is 0 Å². The van der Waals surface area contributed by atoms with Crippen molar-refractivity contribution in [2.45, 2.75) is 43.5 Å². The molecule has 0 spiro atoms. The first-order valence-electron chi connectivity index (χ1n) is 10.0. The van der Waals surface area contributed by atoms with E-state index in [0.29, 0.717) is 23.9 Å². The van der Waals surface area contributed by atoms with Gasteiger partial charge in [0.25, 0.3) is 5.91 Å².